The molecule has 26 heavy (non-hydrogen) atoms. The average molecular weight is 369 g/mol. The van der Waals surface area contributed by atoms with E-state index in [2.05, 4.69) is 11.9 Å². The number of amides is 1. The van der Waals surface area contributed by atoms with Crippen molar-refractivity contribution in [2.45, 2.75) is 24.4 Å². The normalized spacial score (nSPS) is 22.4. The standard InChI is InChI=1S/C19H26F3N3O/c1-23-9-7-18(8-10-23,16-5-3-2-4-6-16)17(26)25-13-11-24(12-14-25)15-19(20,21)22/h2-6H,7-15H2,1H3. The first-order valence-electron chi connectivity index (χ1n) is 9.13. The lowest BCUT2D eigenvalue weighted by Crippen LogP contribution is -2.57. The number of piperazine rings is 1. The molecule has 3 rings (SSSR count). The number of hydrogen-bond donors (Lipinski definition) is 0. The molecule has 2 aliphatic heterocycles. The molecular formula is C19H26F3N3O. The van der Waals surface area contributed by atoms with Crippen LogP contribution < -0.4 is 0 Å². The molecule has 0 spiro atoms. The number of carbonyl (C=O) groups is 1. The first-order chi connectivity index (χ1) is 12.3. The molecule has 2 fully saturated rings. The molecule has 0 N–H and O–H groups in total. The van der Waals surface area contributed by atoms with Crippen LogP contribution in [0.25, 0.3) is 0 Å². The van der Waals surface area contributed by atoms with E-state index in [-0.39, 0.29) is 19.0 Å². The monoisotopic (exact) mass is 369 g/mol. The smallest absolute Gasteiger partial charge is 0.339 e. The van der Waals surface area contributed by atoms with E-state index in [9.17, 15) is 18.0 Å². The number of hydrogen-bond acceptors (Lipinski definition) is 3. The van der Waals surface area contributed by atoms with Gasteiger partial charge in [0, 0.05) is 26.2 Å². The number of piperidine rings is 1. The molecular weight excluding hydrogens is 343 g/mol. The third kappa shape index (κ3) is 4.20. The number of halogens is 3. The van der Waals surface area contributed by atoms with Crippen LogP contribution in [-0.2, 0) is 10.2 Å². The van der Waals surface area contributed by atoms with Crippen LogP contribution >= 0.6 is 0 Å². The minimum atomic E-state index is -4.19. The molecule has 0 aromatic heterocycles. The maximum absolute atomic E-state index is 13.4. The molecule has 0 unspecified atom stereocenters. The summed E-state index contributed by atoms with van der Waals surface area (Å²) < 4.78 is 37.7. The Morgan fingerprint density at radius 3 is 2.12 bits per heavy atom. The van der Waals surface area contributed by atoms with E-state index in [0.29, 0.717) is 13.1 Å². The lowest BCUT2D eigenvalue weighted by Gasteiger charge is -2.45. The van der Waals surface area contributed by atoms with Crippen molar-refractivity contribution in [2.75, 3.05) is 52.9 Å². The molecule has 1 aromatic carbocycles. The zero-order valence-corrected chi connectivity index (χ0v) is 15.1. The van der Waals surface area contributed by atoms with Gasteiger partial charge in [0.15, 0.2) is 0 Å². The van der Waals surface area contributed by atoms with Gasteiger partial charge >= 0.3 is 6.18 Å². The van der Waals surface area contributed by atoms with Crippen molar-refractivity contribution in [1.82, 2.24) is 14.7 Å². The fourth-order valence-electron chi connectivity index (χ4n) is 4.05. The quantitative estimate of drug-likeness (QED) is 0.818. The summed E-state index contributed by atoms with van der Waals surface area (Å²) in [6, 6.07) is 9.84. The Morgan fingerprint density at radius 1 is 1.00 bits per heavy atom. The zero-order valence-electron chi connectivity index (χ0n) is 15.1. The van der Waals surface area contributed by atoms with Crippen LogP contribution in [0.4, 0.5) is 13.2 Å². The van der Waals surface area contributed by atoms with Gasteiger partial charge in [-0.2, -0.15) is 13.2 Å². The van der Waals surface area contributed by atoms with Gasteiger partial charge in [-0.3, -0.25) is 9.69 Å². The highest BCUT2D eigenvalue weighted by molar-refractivity contribution is 5.88. The number of benzene rings is 1. The summed E-state index contributed by atoms with van der Waals surface area (Å²) in [5, 5.41) is 0. The Balaban J connectivity index is 1.73. The number of carbonyl (C=O) groups excluding carboxylic acids is 1. The van der Waals surface area contributed by atoms with Crippen molar-refractivity contribution in [1.29, 1.82) is 0 Å². The van der Waals surface area contributed by atoms with Crippen molar-refractivity contribution >= 4 is 5.91 Å². The molecule has 0 atom stereocenters. The highest BCUT2D eigenvalue weighted by Crippen LogP contribution is 2.37. The number of alkyl halides is 3. The van der Waals surface area contributed by atoms with E-state index in [0.717, 1.165) is 31.5 Å². The maximum atomic E-state index is 13.4. The number of rotatable bonds is 3. The topological polar surface area (TPSA) is 26.8 Å². The Labute approximate surface area is 152 Å². The Hall–Kier alpha value is -1.60. The fraction of sp³-hybridized carbons (Fsp3) is 0.632. The van der Waals surface area contributed by atoms with Gasteiger partial charge in [-0.15, -0.1) is 0 Å². The van der Waals surface area contributed by atoms with E-state index >= 15 is 0 Å². The van der Waals surface area contributed by atoms with Crippen LogP contribution in [-0.4, -0.2) is 79.6 Å². The van der Waals surface area contributed by atoms with Crippen molar-refractivity contribution in [2.24, 2.45) is 0 Å². The summed E-state index contributed by atoms with van der Waals surface area (Å²) in [5.41, 5.74) is 0.468. The first-order valence-corrected chi connectivity index (χ1v) is 9.13. The first kappa shape index (κ1) is 19.2. The highest BCUT2D eigenvalue weighted by atomic mass is 19.4. The Kier molecular flexibility index (Phi) is 5.58. The molecule has 2 saturated heterocycles. The molecule has 7 heteroatoms. The van der Waals surface area contributed by atoms with Gasteiger partial charge in [-0.05, 0) is 38.5 Å². The van der Waals surface area contributed by atoms with Crippen LogP contribution in [0.2, 0.25) is 0 Å². The van der Waals surface area contributed by atoms with Crippen LogP contribution in [0.1, 0.15) is 18.4 Å². The highest BCUT2D eigenvalue weighted by Gasteiger charge is 2.45. The van der Waals surface area contributed by atoms with Gasteiger partial charge in [0.25, 0.3) is 0 Å². The second-order valence-electron chi connectivity index (χ2n) is 7.43. The molecule has 4 nitrogen and oxygen atoms in total. The molecule has 0 aliphatic carbocycles. The molecule has 0 saturated carbocycles. The second kappa shape index (κ2) is 7.56. The molecule has 2 heterocycles. The van der Waals surface area contributed by atoms with E-state index in [1.54, 1.807) is 4.90 Å². The molecule has 0 bridgehead atoms. The molecule has 1 aromatic rings. The molecule has 0 radical (unpaired) electrons. The Morgan fingerprint density at radius 2 is 1.58 bits per heavy atom. The van der Waals surface area contributed by atoms with Crippen molar-refractivity contribution < 1.29 is 18.0 Å². The summed E-state index contributed by atoms with van der Waals surface area (Å²) in [6.07, 6.45) is -2.70. The van der Waals surface area contributed by atoms with Crippen molar-refractivity contribution in [3.05, 3.63) is 35.9 Å². The summed E-state index contributed by atoms with van der Waals surface area (Å²) in [6.45, 7) is 2.05. The molecule has 1 amide bonds. The summed E-state index contributed by atoms with van der Waals surface area (Å²) >= 11 is 0. The average Bonchev–Trinajstić information content (AvgIpc) is 2.62. The minimum Gasteiger partial charge on any atom is -0.339 e. The van der Waals surface area contributed by atoms with Crippen LogP contribution in [0, 0.1) is 0 Å². The maximum Gasteiger partial charge on any atom is 0.401 e. The molecule has 144 valence electrons. The predicted octanol–water partition coefficient (Wildman–Crippen LogP) is 2.36. The van der Waals surface area contributed by atoms with Crippen molar-refractivity contribution in [3.63, 3.8) is 0 Å². The van der Waals surface area contributed by atoms with Gasteiger partial charge < -0.3 is 9.80 Å². The Bertz CT molecular complexity index is 604. The minimum absolute atomic E-state index is 0.0726. The fourth-order valence-corrected chi connectivity index (χ4v) is 4.05. The SMILES string of the molecule is CN1CCC(C(=O)N2CCN(CC(F)(F)F)CC2)(c2ccccc2)CC1. The third-order valence-corrected chi connectivity index (χ3v) is 5.64. The van der Waals surface area contributed by atoms with Gasteiger partial charge in [-0.1, -0.05) is 30.3 Å². The van der Waals surface area contributed by atoms with E-state index in [1.807, 2.05) is 30.3 Å². The molecule has 2 aliphatic rings. The lowest BCUT2D eigenvalue weighted by atomic mass is 9.71. The van der Waals surface area contributed by atoms with Gasteiger partial charge in [0.2, 0.25) is 5.91 Å². The second-order valence-corrected chi connectivity index (χ2v) is 7.43. The van der Waals surface area contributed by atoms with Crippen LogP contribution in [0.3, 0.4) is 0 Å². The zero-order chi connectivity index (χ0) is 18.8. The summed E-state index contributed by atoms with van der Waals surface area (Å²) in [7, 11) is 2.05. The van der Waals surface area contributed by atoms with E-state index in [4.69, 9.17) is 0 Å². The predicted molar refractivity (Wildman–Crippen MR) is 93.9 cm³/mol. The van der Waals surface area contributed by atoms with Crippen LogP contribution in [0.5, 0.6) is 0 Å². The lowest BCUT2D eigenvalue weighted by molar-refractivity contribution is -0.154. The van der Waals surface area contributed by atoms with Crippen LogP contribution in [0.15, 0.2) is 30.3 Å². The largest absolute Gasteiger partial charge is 0.401 e. The number of nitrogens with zero attached hydrogens (tertiary/aromatic N) is 3. The van der Waals surface area contributed by atoms with Crippen molar-refractivity contribution in [3.8, 4) is 0 Å². The van der Waals surface area contributed by atoms with E-state index in [1.165, 1.54) is 4.90 Å². The van der Waals surface area contributed by atoms with Gasteiger partial charge in [0.1, 0.15) is 0 Å². The van der Waals surface area contributed by atoms with Gasteiger partial charge in [0.05, 0.1) is 12.0 Å². The third-order valence-electron chi connectivity index (χ3n) is 5.64. The number of likely N-dealkylation sites (tertiary alicyclic amines) is 1. The summed E-state index contributed by atoms with van der Waals surface area (Å²) in [4.78, 5) is 18.8. The van der Waals surface area contributed by atoms with Gasteiger partial charge in [-0.25, -0.2) is 0 Å². The van der Waals surface area contributed by atoms with E-state index < -0.39 is 18.1 Å². The summed E-state index contributed by atoms with van der Waals surface area (Å²) in [5.74, 6) is 0.0726.